The van der Waals surface area contributed by atoms with Gasteiger partial charge in [-0.25, -0.2) is 4.98 Å². The van der Waals surface area contributed by atoms with Crippen molar-refractivity contribution in [2.24, 2.45) is 4.99 Å². The Bertz CT molecular complexity index is 409. The fraction of sp³-hybridized carbons (Fsp3) is 0.500. The summed E-state index contributed by atoms with van der Waals surface area (Å²) in [4.78, 5) is 10.5. The number of anilines is 1. The average Bonchev–Trinajstić information content (AvgIpc) is 2.35. The van der Waals surface area contributed by atoms with Crippen molar-refractivity contribution < 1.29 is 4.74 Å². The monoisotopic (exact) mass is 253 g/mol. The minimum absolute atomic E-state index is 0.500. The van der Waals surface area contributed by atoms with E-state index < -0.39 is 0 Å². The van der Waals surface area contributed by atoms with E-state index in [-0.39, 0.29) is 0 Å². The SMILES string of the molecule is CCCOCCN1CC=Nc2cnc(Cl)cc21. The Kier molecular flexibility index (Phi) is 4.34. The molecule has 0 spiro atoms. The first kappa shape index (κ1) is 12.3. The normalized spacial score (nSPS) is 13.9. The summed E-state index contributed by atoms with van der Waals surface area (Å²) >= 11 is 5.90. The number of ether oxygens (including phenoxy) is 1. The molecule has 0 aliphatic carbocycles. The number of fused-ring (bicyclic) bond motifs is 1. The maximum Gasteiger partial charge on any atom is 0.131 e. The van der Waals surface area contributed by atoms with E-state index in [9.17, 15) is 0 Å². The van der Waals surface area contributed by atoms with E-state index >= 15 is 0 Å². The molecule has 4 nitrogen and oxygen atoms in total. The van der Waals surface area contributed by atoms with Gasteiger partial charge in [-0.2, -0.15) is 0 Å². The summed E-state index contributed by atoms with van der Waals surface area (Å²) in [6.07, 6.45) is 4.64. The van der Waals surface area contributed by atoms with Crippen molar-refractivity contribution in [2.45, 2.75) is 13.3 Å². The minimum Gasteiger partial charge on any atom is -0.380 e. The molecule has 0 atom stereocenters. The maximum atomic E-state index is 5.90. The molecule has 0 radical (unpaired) electrons. The fourth-order valence-corrected chi connectivity index (χ4v) is 1.89. The molecule has 0 saturated heterocycles. The van der Waals surface area contributed by atoms with Crippen LogP contribution in [0.15, 0.2) is 17.3 Å². The first-order valence-corrected chi connectivity index (χ1v) is 6.20. The predicted molar refractivity (Wildman–Crippen MR) is 70.7 cm³/mol. The molecule has 17 heavy (non-hydrogen) atoms. The smallest absolute Gasteiger partial charge is 0.131 e. The van der Waals surface area contributed by atoms with Gasteiger partial charge in [-0.15, -0.1) is 0 Å². The minimum atomic E-state index is 0.500. The lowest BCUT2D eigenvalue weighted by molar-refractivity contribution is 0.141. The highest BCUT2D eigenvalue weighted by atomic mass is 35.5. The van der Waals surface area contributed by atoms with E-state index in [0.717, 1.165) is 44.1 Å². The zero-order chi connectivity index (χ0) is 12.1. The maximum absolute atomic E-state index is 5.90. The molecule has 0 N–H and O–H groups in total. The molecule has 5 heteroatoms. The zero-order valence-corrected chi connectivity index (χ0v) is 10.7. The second-order valence-corrected chi connectivity index (χ2v) is 4.25. The van der Waals surface area contributed by atoms with Crippen molar-refractivity contribution in [1.29, 1.82) is 0 Å². The molecule has 92 valence electrons. The average molecular weight is 254 g/mol. The molecule has 0 aromatic carbocycles. The number of nitrogens with zero attached hydrogens (tertiary/aromatic N) is 3. The van der Waals surface area contributed by atoms with Crippen LogP contribution >= 0.6 is 11.6 Å². The van der Waals surface area contributed by atoms with Gasteiger partial charge in [0.25, 0.3) is 0 Å². The Balaban J connectivity index is 2.01. The zero-order valence-electron chi connectivity index (χ0n) is 9.90. The van der Waals surface area contributed by atoms with Gasteiger partial charge >= 0.3 is 0 Å². The molecule has 2 heterocycles. The standard InChI is InChI=1S/C12H16ClN3O/c1-2-6-17-7-5-16-4-3-14-10-9-15-12(13)8-11(10)16/h3,8-9H,2,4-7H2,1H3. The second-order valence-electron chi connectivity index (χ2n) is 3.87. The second kappa shape index (κ2) is 5.98. The molecule has 2 rings (SSSR count). The highest BCUT2D eigenvalue weighted by Gasteiger charge is 2.14. The number of aliphatic imine (C=N–C) groups is 1. The lowest BCUT2D eigenvalue weighted by Crippen LogP contribution is -2.31. The molecule has 0 bridgehead atoms. The number of hydrogen-bond acceptors (Lipinski definition) is 4. The van der Waals surface area contributed by atoms with Crippen molar-refractivity contribution in [1.82, 2.24) is 4.98 Å². The molecular weight excluding hydrogens is 238 g/mol. The summed E-state index contributed by atoms with van der Waals surface area (Å²) in [5.41, 5.74) is 1.91. The van der Waals surface area contributed by atoms with Crippen LogP contribution in [0.3, 0.4) is 0 Å². The van der Waals surface area contributed by atoms with Crippen molar-refractivity contribution in [3.63, 3.8) is 0 Å². The van der Waals surface area contributed by atoms with Crippen LogP contribution in [0.25, 0.3) is 0 Å². The molecule has 0 unspecified atom stereocenters. The van der Waals surface area contributed by atoms with Crippen LogP contribution in [0.2, 0.25) is 5.15 Å². The van der Waals surface area contributed by atoms with Crippen LogP contribution in [0, 0.1) is 0 Å². The van der Waals surface area contributed by atoms with Crippen molar-refractivity contribution >= 4 is 29.2 Å². The summed E-state index contributed by atoms with van der Waals surface area (Å²) in [7, 11) is 0. The van der Waals surface area contributed by atoms with Crippen LogP contribution in [-0.4, -0.2) is 37.5 Å². The van der Waals surface area contributed by atoms with E-state index in [0.29, 0.717) is 5.15 Å². The Morgan fingerprint density at radius 3 is 3.18 bits per heavy atom. The molecule has 0 fully saturated rings. The van der Waals surface area contributed by atoms with Crippen molar-refractivity contribution in [3.8, 4) is 0 Å². The summed E-state index contributed by atoms with van der Waals surface area (Å²) < 4.78 is 5.50. The lowest BCUT2D eigenvalue weighted by atomic mass is 10.2. The Morgan fingerprint density at radius 1 is 1.47 bits per heavy atom. The number of hydrogen-bond donors (Lipinski definition) is 0. The van der Waals surface area contributed by atoms with Gasteiger partial charge < -0.3 is 9.64 Å². The highest BCUT2D eigenvalue weighted by molar-refractivity contribution is 6.29. The van der Waals surface area contributed by atoms with Crippen LogP contribution in [0.4, 0.5) is 11.4 Å². The quantitative estimate of drug-likeness (QED) is 0.598. The van der Waals surface area contributed by atoms with Gasteiger partial charge in [-0.3, -0.25) is 4.99 Å². The van der Waals surface area contributed by atoms with Gasteiger partial charge in [0.15, 0.2) is 0 Å². The van der Waals surface area contributed by atoms with Gasteiger partial charge in [0.2, 0.25) is 0 Å². The van der Waals surface area contributed by atoms with Gasteiger partial charge in [0, 0.05) is 25.4 Å². The van der Waals surface area contributed by atoms with Gasteiger partial charge in [0.05, 0.1) is 25.0 Å². The Morgan fingerprint density at radius 2 is 2.35 bits per heavy atom. The number of rotatable bonds is 5. The van der Waals surface area contributed by atoms with E-state index in [1.54, 1.807) is 6.20 Å². The first-order valence-electron chi connectivity index (χ1n) is 5.82. The third-order valence-electron chi connectivity index (χ3n) is 2.56. The van der Waals surface area contributed by atoms with Gasteiger partial charge in [0.1, 0.15) is 10.8 Å². The van der Waals surface area contributed by atoms with Crippen LogP contribution in [-0.2, 0) is 4.74 Å². The third-order valence-corrected chi connectivity index (χ3v) is 2.76. The van der Waals surface area contributed by atoms with E-state index in [1.807, 2.05) is 12.3 Å². The largest absolute Gasteiger partial charge is 0.380 e. The van der Waals surface area contributed by atoms with Crippen LogP contribution < -0.4 is 4.90 Å². The fourth-order valence-electron chi connectivity index (χ4n) is 1.73. The van der Waals surface area contributed by atoms with Crippen molar-refractivity contribution in [3.05, 3.63) is 17.4 Å². The number of halogens is 1. The molecule has 0 saturated carbocycles. The van der Waals surface area contributed by atoms with E-state index in [1.165, 1.54) is 0 Å². The molecule has 1 aromatic rings. The number of aromatic nitrogens is 1. The summed E-state index contributed by atoms with van der Waals surface area (Å²) in [5.74, 6) is 0. The third kappa shape index (κ3) is 3.17. The molecule has 1 aliphatic rings. The van der Waals surface area contributed by atoms with E-state index in [4.69, 9.17) is 16.3 Å². The molecular formula is C12H16ClN3O. The first-order chi connectivity index (χ1) is 8.31. The topological polar surface area (TPSA) is 37.7 Å². The highest BCUT2D eigenvalue weighted by Crippen LogP contribution is 2.31. The Hall–Kier alpha value is -1.13. The number of pyridine rings is 1. The lowest BCUT2D eigenvalue weighted by Gasteiger charge is -2.27. The molecule has 1 aromatic heterocycles. The molecule has 0 amide bonds. The van der Waals surface area contributed by atoms with E-state index in [2.05, 4.69) is 21.8 Å². The van der Waals surface area contributed by atoms with Gasteiger partial charge in [-0.1, -0.05) is 18.5 Å². The summed E-state index contributed by atoms with van der Waals surface area (Å²) in [6.45, 7) is 5.28. The molecule has 1 aliphatic heterocycles. The summed E-state index contributed by atoms with van der Waals surface area (Å²) in [6, 6.07) is 1.85. The van der Waals surface area contributed by atoms with Crippen molar-refractivity contribution in [2.75, 3.05) is 31.2 Å². The predicted octanol–water partition coefficient (Wildman–Crippen LogP) is 2.68. The van der Waals surface area contributed by atoms with Gasteiger partial charge in [-0.05, 0) is 6.42 Å². The van der Waals surface area contributed by atoms with Crippen LogP contribution in [0.5, 0.6) is 0 Å². The Labute approximate surface area is 106 Å². The summed E-state index contributed by atoms with van der Waals surface area (Å²) in [5, 5.41) is 0.500. The van der Waals surface area contributed by atoms with Crippen LogP contribution in [0.1, 0.15) is 13.3 Å².